The summed E-state index contributed by atoms with van der Waals surface area (Å²) >= 11 is 0. The van der Waals surface area contributed by atoms with E-state index in [0.717, 1.165) is 0 Å². The topological polar surface area (TPSA) is 66.3 Å². The van der Waals surface area contributed by atoms with Crippen LogP contribution in [0.1, 0.15) is 18.1 Å². The van der Waals surface area contributed by atoms with E-state index in [4.69, 9.17) is 14.2 Å². The molecule has 0 saturated heterocycles. The van der Waals surface area contributed by atoms with Gasteiger partial charge in [0.2, 0.25) is 5.90 Å². The third-order valence-electron chi connectivity index (χ3n) is 3.75. The summed E-state index contributed by atoms with van der Waals surface area (Å²) in [5, 5.41) is 0. The highest BCUT2D eigenvalue weighted by atomic mass is 19.3. The molecule has 2 aromatic rings. The lowest BCUT2D eigenvalue weighted by Gasteiger charge is -2.13. The van der Waals surface area contributed by atoms with Crippen molar-refractivity contribution < 1.29 is 32.5 Å². The van der Waals surface area contributed by atoms with Gasteiger partial charge in [-0.2, -0.15) is 8.78 Å². The molecule has 0 unspecified atom stereocenters. The number of ether oxygens (including phenoxy) is 4. The summed E-state index contributed by atoms with van der Waals surface area (Å²) in [6.45, 7) is -1.07. The molecule has 0 fully saturated rings. The molecule has 0 amide bonds. The molecular formula is C20H17F2NO5. The minimum absolute atomic E-state index is 0.0504. The molecule has 0 spiro atoms. The Bertz CT molecular complexity index is 940. The van der Waals surface area contributed by atoms with Gasteiger partial charge >= 0.3 is 12.6 Å². The van der Waals surface area contributed by atoms with E-state index in [9.17, 15) is 13.6 Å². The average Bonchev–Trinajstić information content (AvgIpc) is 3.05. The lowest BCUT2D eigenvalue weighted by molar-refractivity contribution is -0.129. The number of para-hydroxylation sites is 1. The number of nitrogens with zero attached hydrogens (tertiary/aromatic N) is 1. The van der Waals surface area contributed by atoms with E-state index in [0.29, 0.717) is 11.3 Å². The number of alkyl halides is 2. The number of esters is 1. The lowest BCUT2D eigenvalue weighted by atomic mass is 10.1. The molecule has 0 aliphatic carbocycles. The van der Waals surface area contributed by atoms with Gasteiger partial charge in [-0.1, -0.05) is 18.2 Å². The van der Waals surface area contributed by atoms with E-state index < -0.39 is 12.6 Å². The molecule has 1 heterocycles. The lowest BCUT2D eigenvalue weighted by Crippen LogP contribution is -2.07. The molecule has 0 atom stereocenters. The fraction of sp³-hybridized carbons (Fsp3) is 0.200. The van der Waals surface area contributed by atoms with Crippen molar-refractivity contribution in [2.24, 2.45) is 4.99 Å². The number of benzene rings is 2. The van der Waals surface area contributed by atoms with Gasteiger partial charge in [0.15, 0.2) is 17.2 Å². The Kier molecular flexibility index (Phi) is 5.88. The number of cyclic esters (lactones) is 1. The van der Waals surface area contributed by atoms with Gasteiger partial charge in [-0.3, -0.25) is 0 Å². The summed E-state index contributed by atoms with van der Waals surface area (Å²) < 4.78 is 45.9. The molecule has 0 radical (unpaired) electrons. The van der Waals surface area contributed by atoms with Crippen LogP contribution >= 0.6 is 0 Å². The second kappa shape index (κ2) is 8.51. The number of rotatable bonds is 7. The van der Waals surface area contributed by atoms with Crippen LogP contribution in [0.15, 0.2) is 53.2 Å². The molecule has 0 aromatic heterocycles. The predicted molar refractivity (Wildman–Crippen MR) is 97.8 cm³/mol. The first-order valence-corrected chi connectivity index (χ1v) is 8.39. The Balaban J connectivity index is 1.99. The van der Waals surface area contributed by atoms with Crippen LogP contribution in [0, 0.1) is 0 Å². The van der Waals surface area contributed by atoms with E-state index in [1.807, 2.05) is 0 Å². The van der Waals surface area contributed by atoms with Crippen LogP contribution in [-0.2, 0) is 9.53 Å². The highest BCUT2D eigenvalue weighted by Gasteiger charge is 2.25. The van der Waals surface area contributed by atoms with Crippen molar-refractivity contribution in [1.82, 2.24) is 0 Å². The normalized spacial score (nSPS) is 14.8. The first kappa shape index (κ1) is 19.3. The number of hydrogen-bond acceptors (Lipinski definition) is 6. The number of aliphatic imine (C=N–C) groups is 1. The van der Waals surface area contributed by atoms with Crippen molar-refractivity contribution >= 4 is 17.9 Å². The minimum Gasteiger partial charge on any atom is -0.497 e. The fourth-order valence-electron chi connectivity index (χ4n) is 2.57. The van der Waals surface area contributed by atoms with Gasteiger partial charge in [-0.25, -0.2) is 9.79 Å². The highest BCUT2D eigenvalue weighted by Crippen LogP contribution is 2.35. The largest absolute Gasteiger partial charge is 0.497 e. The van der Waals surface area contributed by atoms with Crippen LogP contribution < -0.4 is 14.2 Å². The van der Waals surface area contributed by atoms with Crippen LogP contribution in [0.4, 0.5) is 8.78 Å². The summed E-state index contributed by atoms with van der Waals surface area (Å²) in [6, 6.07) is 11.5. The van der Waals surface area contributed by atoms with Crippen molar-refractivity contribution in [2.75, 3.05) is 13.7 Å². The Morgan fingerprint density at radius 2 is 2.00 bits per heavy atom. The zero-order chi connectivity index (χ0) is 20.1. The third kappa shape index (κ3) is 4.28. The predicted octanol–water partition coefficient (Wildman–Crippen LogP) is 4.04. The van der Waals surface area contributed by atoms with Gasteiger partial charge in [0.25, 0.3) is 0 Å². The molecule has 146 valence electrons. The van der Waals surface area contributed by atoms with E-state index in [2.05, 4.69) is 9.73 Å². The van der Waals surface area contributed by atoms with E-state index in [1.165, 1.54) is 25.3 Å². The first-order chi connectivity index (χ1) is 13.5. The van der Waals surface area contributed by atoms with Gasteiger partial charge < -0.3 is 18.9 Å². The summed E-state index contributed by atoms with van der Waals surface area (Å²) in [7, 11) is 1.52. The smallest absolute Gasteiger partial charge is 0.387 e. The van der Waals surface area contributed by atoms with E-state index in [1.54, 1.807) is 37.3 Å². The van der Waals surface area contributed by atoms with Crippen LogP contribution in [0.3, 0.4) is 0 Å². The molecule has 0 saturated carbocycles. The number of hydrogen-bond donors (Lipinski definition) is 0. The van der Waals surface area contributed by atoms with Crippen LogP contribution in [0.2, 0.25) is 0 Å². The van der Waals surface area contributed by atoms with Crippen molar-refractivity contribution in [1.29, 1.82) is 0 Å². The van der Waals surface area contributed by atoms with Crippen molar-refractivity contribution in [2.45, 2.75) is 13.5 Å². The summed E-state index contributed by atoms with van der Waals surface area (Å²) in [4.78, 5) is 16.4. The monoisotopic (exact) mass is 389 g/mol. The molecule has 8 heteroatoms. The van der Waals surface area contributed by atoms with Crippen LogP contribution in [0.5, 0.6) is 17.2 Å². The number of halogens is 2. The Hall–Kier alpha value is -3.42. The first-order valence-electron chi connectivity index (χ1n) is 8.39. The fourth-order valence-corrected chi connectivity index (χ4v) is 2.57. The summed E-state index contributed by atoms with van der Waals surface area (Å²) in [5.41, 5.74) is 0.711. The van der Waals surface area contributed by atoms with Gasteiger partial charge in [-0.05, 0) is 37.3 Å². The second-order valence-corrected chi connectivity index (χ2v) is 5.55. The maximum Gasteiger partial charge on any atom is 0.387 e. The summed E-state index contributed by atoms with van der Waals surface area (Å²) in [5.74, 6) is -0.0778. The van der Waals surface area contributed by atoms with Crippen LogP contribution in [-0.4, -0.2) is 32.2 Å². The molecule has 1 aliphatic heterocycles. The maximum absolute atomic E-state index is 12.8. The van der Waals surface area contributed by atoms with Gasteiger partial charge in [0.05, 0.1) is 13.7 Å². The number of carbonyl (C=O) groups is 1. The average molecular weight is 389 g/mol. The second-order valence-electron chi connectivity index (χ2n) is 5.55. The Morgan fingerprint density at radius 1 is 1.21 bits per heavy atom. The summed E-state index contributed by atoms with van der Waals surface area (Å²) in [6.07, 6.45) is 1.32. The molecule has 2 aromatic carbocycles. The van der Waals surface area contributed by atoms with Gasteiger partial charge in [-0.15, -0.1) is 0 Å². The molecule has 0 N–H and O–H groups in total. The van der Waals surface area contributed by atoms with Crippen molar-refractivity contribution in [3.8, 4) is 17.2 Å². The minimum atomic E-state index is -3.05. The Morgan fingerprint density at radius 3 is 2.71 bits per heavy atom. The third-order valence-corrected chi connectivity index (χ3v) is 3.75. The zero-order valence-corrected chi connectivity index (χ0v) is 15.1. The molecule has 0 bridgehead atoms. The molecule has 3 rings (SSSR count). The quantitative estimate of drug-likeness (QED) is 0.528. The van der Waals surface area contributed by atoms with E-state index in [-0.39, 0.29) is 35.3 Å². The van der Waals surface area contributed by atoms with Crippen molar-refractivity contribution in [3.63, 3.8) is 0 Å². The highest BCUT2D eigenvalue weighted by molar-refractivity contribution is 6.13. The molecular weight excluding hydrogens is 372 g/mol. The number of carbonyl (C=O) groups excluding carboxylic acids is 1. The molecule has 6 nitrogen and oxygen atoms in total. The molecule has 28 heavy (non-hydrogen) atoms. The zero-order valence-electron chi connectivity index (χ0n) is 15.1. The van der Waals surface area contributed by atoms with Gasteiger partial charge in [0, 0.05) is 11.1 Å². The molecule has 1 aliphatic rings. The Labute approximate surface area is 160 Å². The van der Waals surface area contributed by atoms with Gasteiger partial charge in [0.1, 0.15) is 5.75 Å². The van der Waals surface area contributed by atoms with Crippen molar-refractivity contribution in [3.05, 3.63) is 59.3 Å². The number of methoxy groups -OCH3 is 1. The maximum atomic E-state index is 12.8. The SMILES string of the molecule is CCOc1cccc(/C=C2\N=C(c3cccc(OC)c3)OC2=O)c1OC(F)F. The van der Waals surface area contributed by atoms with E-state index >= 15 is 0 Å². The standard InChI is InChI=1S/C20H17F2NO5/c1-3-26-16-9-5-6-12(17(16)27-20(21)22)11-15-19(24)28-18(23-15)13-7-4-8-14(10-13)25-2/h4-11,20H,3H2,1-2H3/b15-11-. The van der Waals surface area contributed by atoms with Crippen LogP contribution in [0.25, 0.3) is 6.08 Å².